The van der Waals surface area contributed by atoms with Gasteiger partial charge in [0.1, 0.15) is 0 Å². The van der Waals surface area contributed by atoms with E-state index in [-0.39, 0.29) is 24.0 Å². The average molecular weight is 466 g/mol. The number of anilines is 1. The summed E-state index contributed by atoms with van der Waals surface area (Å²) in [6.45, 7) is 3.11. The molecule has 0 fully saturated rings. The molecule has 0 spiro atoms. The number of nitrogens with one attached hydrogen (secondary N) is 2. The maximum atomic E-state index is 8.83. The van der Waals surface area contributed by atoms with Gasteiger partial charge in [0.25, 0.3) is 0 Å². The molecule has 2 aromatic carbocycles. The van der Waals surface area contributed by atoms with Crippen molar-refractivity contribution in [3.05, 3.63) is 53.6 Å². The first-order valence-corrected chi connectivity index (χ1v) is 7.97. The number of hydrogen-bond donors (Lipinski definition) is 2. The Labute approximate surface area is 171 Å². The number of guanidine groups is 1. The first kappa shape index (κ1) is 21.6. The number of halogens is 1. The summed E-state index contributed by atoms with van der Waals surface area (Å²) in [6.07, 6.45) is 0. The minimum Gasteiger partial charge on any atom is -0.493 e. The van der Waals surface area contributed by atoms with E-state index in [1.807, 2.05) is 37.3 Å². The number of nitrogens with zero attached hydrogens (tertiary/aromatic N) is 2. The fourth-order valence-corrected chi connectivity index (χ4v) is 2.22. The molecule has 0 aliphatic carbocycles. The fraction of sp³-hybridized carbons (Fsp3) is 0.263. The zero-order valence-corrected chi connectivity index (χ0v) is 17.4. The Hall–Kier alpha value is -2.47. The van der Waals surface area contributed by atoms with Crippen LogP contribution < -0.4 is 20.1 Å². The highest BCUT2D eigenvalue weighted by molar-refractivity contribution is 14.0. The zero-order valence-electron chi connectivity index (χ0n) is 15.1. The van der Waals surface area contributed by atoms with Gasteiger partial charge in [0.2, 0.25) is 0 Å². The van der Waals surface area contributed by atoms with Crippen LogP contribution in [0.25, 0.3) is 0 Å². The third-order valence-corrected chi connectivity index (χ3v) is 3.49. The molecule has 0 radical (unpaired) electrons. The second-order valence-corrected chi connectivity index (χ2v) is 5.16. The molecule has 6 nitrogen and oxygen atoms in total. The van der Waals surface area contributed by atoms with Crippen LogP contribution in [-0.4, -0.2) is 26.7 Å². The van der Waals surface area contributed by atoms with E-state index in [2.05, 4.69) is 21.7 Å². The number of ether oxygens (including phenoxy) is 2. The molecule has 7 heteroatoms. The smallest absolute Gasteiger partial charge is 0.195 e. The topological polar surface area (TPSA) is 78.7 Å². The third kappa shape index (κ3) is 6.11. The average Bonchev–Trinajstić information content (AvgIpc) is 2.66. The SMILES string of the molecule is CCOc1ccc(NC(=NC)NCc2ccc(C#N)cc2)cc1OC.I. The molecule has 0 aliphatic rings. The first-order chi connectivity index (χ1) is 12.2. The van der Waals surface area contributed by atoms with Crippen LogP contribution in [0.1, 0.15) is 18.1 Å². The van der Waals surface area contributed by atoms with Gasteiger partial charge in [-0.05, 0) is 36.8 Å². The van der Waals surface area contributed by atoms with Crippen molar-refractivity contribution in [3.63, 3.8) is 0 Å². The number of rotatable bonds is 6. The maximum Gasteiger partial charge on any atom is 0.195 e. The molecule has 0 aliphatic heterocycles. The lowest BCUT2D eigenvalue weighted by atomic mass is 10.1. The Balaban J connectivity index is 0.00000338. The molecule has 0 bridgehead atoms. The molecular formula is C19H23IN4O2. The molecule has 2 aromatic rings. The molecule has 0 heterocycles. The highest BCUT2D eigenvalue weighted by Crippen LogP contribution is 2.30. The largest absolute Gasteiger partial charge is 0.493 e. The molecule has 26 heavy (non-hydrogen) atoms. The number of aliphatic imine (C=N–C) groups is 1. The maximum absolute atomic E-state index is 8.83. The molecule has 0 atom stereocenters. The van der Waals surface area contributed by atoms with Gasteiger partial charge in [0.05, 0.1) is 25.3 Å². The molecular weight excluding hydrogens is 443 g/mol. The highest BCUT2D eigenvalue weighted by Gasteiger charge is 2.07. The van der Waals surface area contributed by atoms with Gasteiger partial charge in [0, 0.05) is 25.3 Å². The Morgan fingerprint density at radius 1 is 1.15 bits per heavy atom. The molecule has 0 amide bonds. The molecule has 0 unspecified atom stereocenters. The van der Waals surface area contributed by atoms with E-state index in [9.17, 15) is 0 Å². The summed E-state index contributed by atoms with van der Waals surface area (Å²) in [6, 6.07) is 15.2. The number of hydrogen-bond acceptors (Lipinski definition) is 4. The predicted octanol–water partition coefficient (Wildman–Crippen LogP) is 3.77. The van der Waals surface area contributed by atoms with Crippen molar-refractivity contribution in [2.45, 2.75) is 13.5 Å². The Morgan fingerprint density at radius 3 is 2.46 bits per heavy atom. The van der Waals surface area contributed by atoms with Crippen LogP contribution >= 0.6 is 24.0 Å². The summed E-state index contributed by atoms with van der Waals surface area (Å²) in [7, 11) is 3.32. The van der Waals surface area contributed by atoms with Gasteiger partial charge in [-0.15, -0.1) is 24.0 Å². The van der Waals surface area contributed by atoms with Crippen LogP contribution in [0.15, 0.2) is 47.5 Å². The van der Waals surface area contributed by atoms with E-state index in [1.165, 1.54) is 0 Å². The quantitative estimate of drug-likeness (QED) is 0.385. The highest BCUT2D eigenvalue weighted by atomic mass is 127. The van der Waals surface area contributed by atoms with Crippen LogP contribution in [0, 0.1) is 11.3 Å². The van der Waals surface area contributed by atoms with Gasteiger partial charge in [0.15, 0.2) is 17.5 Å². The number of benzene rings is 2. The second-order valence-electron chi connectivity index (χ2n) is 5.16. The van der Waals surface area contributed by atoms with Gasteiger partial charge in [-0.1, -0.05) is 12.1 Å². The second kappa shape index (κ2) is 11.2. The van der Waals surface area contributed by atoms with Crippen LogP contribution in [-0.2, 0) is 6.54 Å². The summed E-state index contributed by atoms with van der Waals surface area (Å²) in [5, 5.41) is 15.3. The number of nitriles is 1. The van der Waals surface area contributed by atoms with Crippen molar-refractivity contribution < 1.29 is 9.47 Å². The first-order valence-electron chi connectivity index (χ1n) is 7.97. The van der Waals surface area contributed by atoms with Crippen molar-refractivity contribution >= 4 is 35.6 Å². The lowest BCUT2D eigenvalue weighted by molar-refractivity contribution is 0.311. The predicted molar refractivity (Wildman–Crippen MR) is 115 cm³/mol. The minimum absolute atomic E-state index is 0. The van der Waals surface area contributed by atoms with Gasteiger partial charge in [-0.3, -0.25) is 4.99 Å². The Bertz CT molecular complexity index is 770. The van der Waals surface area contributed by atoms with Gasteiger partial charge in [-0.25, -0.2) is 0 Å². The summed E-state index contributed by atoms with van der Waals surface area (Å²) in [5.74, 6) is 2.00. The lowest BCUT2D eigenvalue weighted by Gasteiger charge is -2.14. The van der Waals surface area contributed by atoms with Crippen LogP contribution in [0.2, 0.25) is 0 Å². The van der Waals surface area contributed by atoms with Crippen LogP contribution in [0.4, 0.5) is 5.69 Å². The van der Waals surface area contributed by atoms with Crippen LogP contribution in [0.5, 0.6) is 11.5 Å². The van der Waals surface area contributed by atoms with E-state index >= 15 is 0 Å². The lowest BCUT2D eigenvalue weighted by Crippen LogP contribution is -2.30. The van der Waals surface area contributed by atoms with Crippen molar-refractivity contribution in [1.82, 2.24) is 5.32 Å². The summed E-state index contributed by atoms with van der Waals surface area (Å²) in [5.41, 5.74) is 2.55. The van der Waals surface area contributed by atoms with Crippen molar-refractivity contribution in [1.29, 1.82) is 5.26 Å². The molecule has 138 valence electrons. The molecule has 0 aromatic heterocycles. The van der Waals surface area contributed by atoms with Crippen molar-refractivity contribution in [2.75, 3.05) is 26.1 Å². The molecule has 0 saturated carbocycles. The monoisotopic (exact) mass is 466 g/mol. The van der Waals surface area contributed by atoms with E-state index in [4.69, 9.17) is 14.7 Å². The van der Waals surface area contributed by atoms with Crippen molar-refractivity contribution in [2.24, 2.45) is 4.99 Å². The molecule has 0 saturated heterocycles. The summed E-state index contributed by atoms with van der Waals surface area (Å²) < 4.78 is 10.9. The summed E-state index contributed by atoms with van der Waals surface area (Å²) >= 11 is 0. The molecule has 2 rings (SSSR count). The van der Waals surface area contributed by atoms with E-state index in [0.717, 1.165) is 11.3 Å². The number of methoxy groups -OCH3 is 1. The van der Waals surface area contributed by atoms with Crippen molar-refractivity contribution in [3.8, 4) is 17.6 Å². The fourth-order valence-electron chi connectivity index (χ4n) is 2.22. The van der Waals surface area contributed by atoms with Gasteiger partial charge >= 0.3 is 0 Å². The molecule has 2 N–H and O–H groups in total. The third-order valence-electron chi connectivity index (χ3n) is 3.49. The van der Waals surface area contributed by atoms with E-state index in [1.54, 1.807) is 26.3 Å². The normalized spacial score (nSPS) is 10.3. The standard InChI is InChI=1S/C19H22N4O2.HI/c1-4-25-17-10-9-16(11-18(17)24-3)23-19(21-2)22-13-15-7-5-14(12-20)6-8-15;/h5-11H,4,13H2,1-3H3,(H2,21,22,23);1H. The minimum atomic E-state index is 0. The van der Waals surface area contributed by atoms with Crippen LogP contribution in [0.3, 0.4) is 0 Å². The Morgan fingerprint density at radius 2 is 1.88 bits per heavy atom. The van der Waals surface area contributed by atoms with Gasteiger partial charge in [-0.2, -0.15) is 5.26 Å². The Kier molecular flexibility index (Phi) is 9.30. The zero-order chi connectivity index (χ0) is 18.1. The van der Waals surface area contributed by atoms with E-state index in [0.29, 0.717) is 36.2 Å². The summed E-state index contributed by atoms with van der Waals surface area (Å²) in [4.78, 5) is 4.22. The van der Waals surface area contributed by atoms with E-state index < -0.39 is 0 Å². The van der Waals surface area contributed by atoms with Gasteiger partial charge < -0.3 is 20.1 Å².